The Bertz CT molecular complexity index is 883. The highest BCUT2D eigenvalue weighted by atomic mass is 32.2. The number of sulfonamides is 1. The molecular formula is C18H21N3O4S2. The van der Waals surface area contributed by atoms with Crippen LogP contribution < -0.4 is 10.6 Å². The van der Waals surface area contributed by atoms with Crippen molar-refractivity contribution in [3.63, 3.8) is 0 Å². The predicted molar refractivity (Wildman–Crippen MR) is 103 cm³/mol. The van der Waals surface area contributed by atoms with Crippen molar-refractivity contribution < 1.29 is 18.0 Å². The van der Waals surface area contributed by atoms with Gasteiger partial charge in [0.1, 0.15) is 0 Å². The number of carbonyl (C=O) groups excluding carboxylic acids is 2. The van der Waals surface area contributed by atoms with Gasteiger partial charge >= 0.3 is 11.8 Å². The molecule has 0 radical (unpaired) electrons. The van der Waals surface area contributed by atoms with Gasteiger partial charge in [-0.1, -0.05) is 24.3 Å². The van der Waals surface area contributed by atoms with Crippen molar-refractivity contribution in [1.29, 1.82) is 0 Å². The van der Waals surface area contributed by atoms with Gasteiger partial charge < -0.3 is 10.6 Å². The summed E-state index contributed by atoms with van der Waals surface area (Å²) in [7, 11) is -3.61. The molecule has 3 rings (SSSR count). The van der Waals surface area contributed by atoms with E-state index < -0.39 is 21.8 Å². The average Bonchev–Trinajstić information content (AvgIpc) is 3.36. The van der Waals surface area contributed by atoms with Crippen LogP contribution in [0.25, 0.3) is 0 Å². The predicted octanol–water partition coefficient (Wildman–Crippen LogP) is 1.33. The van der Waals surface area contributed by atoms with Crippen LogP contribution in [0.1, 0.15) is 17.7 Å². The number of nitrogens with one attached hydrogen (secondary N) is 2. The lowest BCUT2D eigenvalue weighted by Crippen LogP contribution is -2.46. The summed E-state index contributed by atoms with van der Waals surface area (Å²) < 4.78 is 27.0. The molecule has 1 atom stereocenters. The number of thiophene rings is 1. The smallest absolute Gasteiger partial charge is 0.309 e. The number of hydrogen-bond acceptors (Lipinski definition) is 5. The molecule has 1 aliphatic rings. The molecule has 144 valence electrons. The molecule has 0 aliphatic carbocycles. The van der Waals surface area contributed by atoms with Gasteiger partial charge in [0.15, 0.2) is 0 Å². The molecule has 2 aromatic rings. The van der Waals surface area contributed by atoms with E-state index in [1.807, 2.05) is 17.5 Å². The van der Waals surface area contributed by atoms with Crippen molar-refractivity contribution in [3.05, 3.63) is 52.7 Å². The van der Waals surface area contributed by atoms with Crippen LogP contribution in [0.3, 0.4) is 0 Å². The summed E-state index contributed by atoms with van der Waals surface area (Å²) in [6, 6.07) is 11.6. The Hall–Kier alpha value is -2.23. The minimum absolute atomic E-state index is 0.108. The molecule has 27 heavy (non-hydrogen) atoms. The third-order valence-corrected chi connectivity index (χ3v) is 7.22. The summed E-state index contributed by atoms with van der Waals surface area (Å²) in [4.78, 5) is 25.1. The van der Waals surface area contributed by atoms with Gasteiger partial charge in [0, 0.05) is 24.0 Å². The van der Waals surface area contributed by atoms with Crippen LogP contribution in [-0.4, -0.2) is 43.7 Å². The molecule has 1 fully saturated rings. The van der Waals surface area contributed by atoms with E-state index in [-0.39, 0.29) is 17.5 Å². The molecule has 0 unspecified atom stereocenters. The Kier molecular flexibility index (Phi) is 6.25. The summed E-state index contributed by atoms with van der Waals surface area (Å²) in [5, 5.41) is 7.00. The van der Waals surface area contributed by atoms with E-state index in [0.29, 0.717) is 19.5 Å². The second-order valence-electron chi connectivity index (χ2n) is 6.20. The normalized spacial score (nSPS) is 17.6. The molecule has 2 N–H and O–H groups in total. The standard InChI is InChI=1S/C18H21N3O4S2/c22-17(18(23)20-13-15-7-5-11-26-15)19-12-14-6-4-10-21(14)27(24,25)16-8-2-1-3-9-16/h1-3,5,7-9,11,14H,4,6,10,12-13H2,(H,19,22)(H,20,23)/t14-/m0/s1. The van der Waals surface area contributed by atoms with Crippen LogP contribution in [0.4, 0.5) is 0 Å². The van der Waals surface area contributed by atoms with Gasteiger partial charge in [0.2, 0.25) is 10.0 Å². The van der Waals surface area contributed by atoms with E-state index in [2.05, 4.69) is 10.6 Å². The minimum Gasteiger partial charge on any atom is -0.346 e. The maximum absolute atomic E-state index is 12.8. The summed E-state index contributed by atoms with van der Waals surface area (Å²) in [6.07, 6.45) is 1.36. The largest absolute Gasteiger partial charge is 0.346 e. The summed E-state index contributed by atoms with van der Waals surface area (Å²) >= 11 is 1.49. The van der Waals surface area contributed by atoms with Crippen molar-refractivity contribution in [2.75, 3.05) is 13.1 Å². The van der Waals surface area contributed by atoms with Crippen LogP contribution in [0.5, 0.6) is 0 Å². The highest BCUT2D eigenvalue weighted by Gasteiger charge is 2.35. The van der Waals surface area contributed by atoms with Gasteiger partial charge in [0.05, 0.1) is 11.4 Å². The fourth-order valence-electron chi connectivity index (χ4n) is 3.01. The Balaban J connectivity index is 1.55. The van der Waals surface area contributed by atoms with Crippen LogP contribution in [0.2, 0.25) is 0 Å². The summed E-state index contributed by atoms with van der Waals surface area (Å²) in [5.41, 5.74) is 0. The highest BCUT2D eigenvalue weighted by Crippen LogP contribution is 2.25. The van der Waals surface area contributed by atoms with Gasteiger partial charge in [-0.2, -0.15) is 4.31 Å². The van der Waals surface area contributed by atoms with E-state index in [1.165, 1.54) is 15.6 Å². The second-order valence-corrected chi connectivity index (χ2v) is 9.12. The van der Waals surface area contributed by atoms with Gasteiger partial charge in [-0.05, 0) is 36.4 Å². The zero-order chi connectivity index (χ0) is 19.3. The van der Waals surface area contributed by atoms with Crippen LogP contribution in [0, 0.1) is 0 Å². The van der Waals surface area contributed by atoms with Crippen molar-refractivity contribution in [3.8, 4) is 0 Å². The first-order valence-electron chi connectivity index (χ1n) is 8.64. The van der Waals surface area contributed by atoms with Crippen molar-refractivity contribution in [2.45, 2.75) is 30.3 Å². The fraction of sp³-hybridized carbons (Fsp3) is 0.333. The highest BCUT2D eigenvalue weighted by molar-refractivity contribution is 7.89. The Morgan fingerprint density at radius 1 is 1.07 bits per heavy atom. The van der Waals surface area contributed by atoms with Crippen molar-refractivity contribution in [2.24, 2.45) is 0 Å². The molecule has 1 aliphatic heterocycles. The monoisotopic (exact) mass is 407 g/mol. The molecule has 1 aromatic carbocycles. The molecule has 0 spiro atoms. The topological polar surface area (TPSA) is 95.6 Å². The number of amides is 2. The van der Waals surface area contributed by atoms with E-state index in [0.717, 1.165) is 11.3 Å². The maximum Gasteiger partial charge on any atom is 0.309 e. The van der Waals surface area contributed by atoms with Crippen molar-refractivity contribution >= 4 is 33.2 Å². The third kappa shape index (κ3) is 4.74. The second kappa shape index (κ2) is 8.64. The van der Waals surface area contributed by atoms with E-state index in [4.69, 9.17) is 0 Å². The lowest BCUT2D eigenvalue weighted by molar-refractivity contribution is -0.139. The molecule has 1 saturated heterocycles. The molecule has 2 heterocycles. The zero-order valence-electron chi connectivity index (χ0n) is 14.6. The van der Waals surface area contributed by atoms with E-state index in [9.17, 15) is 18.0 Å². The lowest BCUT2D eigenvalue weighted by Gasteiger charge is -2.24. The van der Waals surface area contributed by atoms with Gasteiger partial charge in [-0.3, -0.25) is 9.59 Å². The number of rotatable bonds is 6. The van der Waals surface area contributed by atoms with E-state index >= 15 is 0 Å². The van der Waals surface area contributed by atoms with Crippen LogP contribution >= 0.6 is 11.3 Å². The first-order chi connectivity index (χ1) is 13.0. The quantitative estimate of drug-likeness (QED) is 0.707. The number of nitrogens with zero attached hydrogens (tertiary/aromatic N) is 1. The zero-order valence-corrected chi connectivity index (χ0v) is 16.3. The maximum atomic E-state index is 12.8. The molecule has 0 bridgehead atoms. The molecule has 1 aromatic heterocycles. The first-order valence-corrected chi connectivity index (χ1v) is 11.0. The number of carbonyl (C=O) groups is 2. The fourth-order valence-corrected chi connectivity index (χ4v) is 5.37. The van der Waals surface area contributed by atoms with Gasteiger partial charge in [0.25, 0.3) is 0 Å². The van der Waals surface area contributed by atoms with Crippen LogP contribution in [-0.2, 0) is 26.2 Å². The number of hydrogen-bond donors (Lipinski definition) is 2. The molecular weight excluding hydrogens is 386 g/mol. The third-order valence-electron chi connectivity index (χ3n) is 4.38. The SMILES string of the molecule is O=C(NCc1cccs1)C(=O)NC[C@@H]1CCCN1S(=O)(=O)c1ccccc1. The Labute approximate surface area is 162 Å². The molecule has 2 amide bonds. The Morgan fingerprint density at radius 2 is 1.81 bits per heavy atom. The van der Waals surface area contributed by atoms with E-state index in [1.54, 1.807) is 30.3 Å². The van der Waals surface area contributed by atoms with Gasteiger partial charge in [-0.25, -0.2) is 8.42 Å². The molecule has 9 heteroatoms. The summed E-state index contributed by atoms with van der Waals surface area (Å²) in [5.74, 6) is -1.48. The molecule has 7 nitrogen and oxygen atoms in total. The lowest BCUT2D eigenvalue weighted by atomic mass is 10.2. The minimum atomic E-state index is -3.61. The van der Waals surface area contributed by atoms with Crippen LogP contribution in [0.15, 0.2) is 52.7 Å². The number of benzene rings is 1. The van der Waals surface area contributed by atoms with Gasteiger partial charge in [-0.15, -0.1) is 11.3 Å². The average molecular weight is 408 g/mol. The summed E-state index contributed by atoms with van der Waals surface area (Å²) in [6.45, 7) is 0.807. The van der Waals surface area contributed by atoms with Crippen molar-refractivity contribution in [1.82, 2.24) is 14.9 Å². The first kappa shape index (κ1) is 19.5. The molecule has 0 saturated carbocycles. The Morgan fingerprint density at radius 3 is 2.52 bits per heavy atom.